The number of carbonyl (C=O) groups excluding carboxylic acids is 2. The van der Waals surface area contributed by atoms with Gasteiger partial charge in [0.2, 0.25) is 11.8 Å². The largest absolute Gasteiger partial charge is 0.350 e. The fraction of sp³-hybridized carbons (Fsp3) is 0.481. The molecule has 4 heteroatoms. The summed E-state index contributed by atoms with van der Waals surface area (Å²) in [5.41, 5.74) is 4.28. The maximum atomic E-state index is 13.2. The van der Waals surface area contributed by atoms with Crippen LogP contribution in [0.5, 0.6) is 0 Å². The van der Waals surface area contributed by atoms with Crippen LogP contribution in [0.25, 0.3) is 0 Å². The van der Waals surface area contributed by atoms with E-state index in [1.807, 2.05) is 58.9 Å². The van der Waals surface area contributed by atoms with Gasteiger partial charge in [0.25, 0.3) is 0 Å². The molecule has 1 atom stereocenters. The topological polar surface area (TPSA) is 49.4 Å². The summed E-state index contributed by atoms with van der Waals surface area (Å²) in [7, 11) is 0. The standard InChI is InChI=1S/C27H38N2O2/c1-19(2)24-15-12-22(13-16-24)14-17-25(30)29(18-23-10-8-20(3)9-11-23)21(4)26(31)28-27(5,6)7/h8-13,15-16,19,21H,14,17-18H2,1-7H3,(H,28,31)/t21-/m1/s1. The van der Waals surface area contributed by atoms with Crippen molar-refractivity contribution in [3.8, 4) is 0 Å². The highest BCUT2D eigenvalue weighted by Gasteiger charge is 2.28. The van der Waals surface area contributed by atoms with E-state index in [1.54, 1.807) is 4.90 Å². The molecule has 2 amide bonds. The van der Waals surface area contributed by atoms with E-state index < -0.39 is 6.04 Å². The summed E-state index contributed by atoms with van der Waals surface area (Å²) in [6.45, 7) is 14.5. The molecule has 2 aromatic carbocycles. The minimum atomic E-state index is -0.545. The molecular formula is C27H38N2O2. The lowest BCUT2D eigenvalue weighted by molar-refractivity contribution is -0.141. The highest BCUT2D eigenvalue weighted by atomic mass is 16.2. The number of hydrogen-bond donors (Lipinski definition) is 1. The van der Waals surface area contributed by atoms with Crippen molar-refractivity contribution >= 4 is 11.8 Å². The summed E-state index contributed by atoms with van der Waals surface area (Å²) in [4.78, 5) is 27.7. The van der Waals surface area contributed by atoms with E-state index >= 15 is 0 Å². The maximum absolute atomic E-state index is 13.2. The van der Waals surface area contributed by atoms with Crippen LogP contribution in [0.1, 0.15) is 76.1 Å². The van der Waals surface area contributed by atoms with Crippen molar-refractivity contribution in [1.82, 2.24) is 10.2 Å². The average molecular weight is 423 g/mol. The molecule has 0 aromatic heterocycles. The quantitative estimate of drug-likeness (QED) is 0.621. The van der Waals surface area contributed by atoms with Gasteiger partial charge in [0.1, 0.15) is 6.04 Å². The Morgan fingerprint density at radius 1 is 0.903 bits per heavy atom. The summed E-state index contributed by atoms with van der Waals surface area (Å²) in [5.74, 6) is 0.349. The first-order valence-electron chi connectivity index (χ1n) is 11.2. The smallest absolute Gasteiger partial charge is 0.242 e. The number of aryl methyl sites for hydroxylation is 2. The highest BCUT2D eigenvalue weighted by Crippen LogP contribution is 2.17. The van der Waals surface area contributed by atoms with Crippen LogP contribution >= 0.6 is 0 Å². The third-order valence-corrected chi connectivity index (χ3v) is 5.41. The molecule has 4 nitrogen and oxygen atoms in total. The Kier molecular flexibility index (Phi) is 8.43. The Bertz CT molecular complexity index is 862. The van der Waals surface area contributed by atoms with Gasteiger partial charge in [0.15, 0.2) is 0 Å². The third kappa shape index (κ3) is 7.86. The van der Waals surface area contributed by atoms with Gasteiger partial charge in [-0.3, -0.25) is 9.59 Å². The molecule has 168 valence electrons. The second kappa shape index (κ2) is 10.6. The average Bonchev–Trinajstić information content (AvgIpc) is 2.70. The Balaban J connectivity index is 2.14. The van der Waals surface area contributed by atoms with E-state index in [-0.39, 0.29) is 17.4 Å². The number of carbonyl (C=O) groups is 2. The van der Waals surface area contributed by atoms with Crippen LogP contribution in [0.3, 0.4) is 0 Å². The van der Waals surface area contributed by atoms with Gasteiger partial charge >= 0.3 is 0 Å². The fourth-order valence-corrected chi connectivity index (χ4v) is 3.41. The molecule has 0 saturated carbocycles. The van der Waals surface area contributed by atoms with Gasteiger partial charge in [-0.05, 0) is 63.6 Å². The molecule has 0 aliphatic heterocycles. The van der Waals surface area contributed by atoms with Gasteiger partial charge in [-0.1, -0.05) is 67.9 Å². The lowest BCUT2D eigenvalue weighted by atomic mass is 10.00. The molecule has 0 bridgehead atoms. The molecule has 0 radical (unpaired) electrons. The summed E-state index contributed by atoms with van der Waals surface area (Å²) >= 11 is 0. The van der Waals surface area contributed by atoms with Crippen molar-refractivity contribution in [3.05, 3.63) is 70.8 Å². The normalized spacial score (nSPS) is 12.5. The zero-order valence-electron chi connectivity index (χ0n) is 20.2. The minimum absolute atomic E-state index is 0.00919. The summed E-state index contributed by atoms with van der Waals surface area (Å²) in [6, 6.07) is 16.0. The number of amides is 2. The molecule has 0 unspecified atom stereocenters. The summed E-state index contributed by atoms with van der Waals surface area (Å²) in [5, 5.41) is 3.01. The van der Waals surface area contributed by atoms with Gasteiger partial charge in [-0.25, -0.2) is 0 Å². The minimum Gasteiger partial charge on any atom is -0.350 e. The molecule has 2 rings (SSSR count). The lowest BCUT2D eigenvalue weighted by Gasteiger charge is -2.31. The molecule has 0 fully saturated rings. The summed E-state index contributed by atoms with van der Waals surface area (Å²) in [6.07, 6.45) is 1.04. The predicted octanol–water partition coefficient (Wildman–Crippen LogP) is 5.38. The van der Waals surface area contributed by atoms with Crippen molar-refractivity contribution < 1.29 is 9.59 Å². The van der Waals surface area contributed by atoms with Crippen molar-refractivity contribution in [2.24, 2.45) is 0 Å². The number of nitrogens with zero attached hydrogens (tertiary/aromatic N) is 1. The van der Waals surface area contributed by atoms with E-state index in [0.29, 0.717) is 25.3 Å². The van der Waals surface area contributed by atoms with Crippen molar-refractivity contribution in [2.75, 3.05) is 0 Å². The Morgan fingerprint density at radius 2 is 1.45 bits per heavy atom. The molecule has 0 saturated heterocycles. The molecule has 0 aliphatic carbocycles. The van der Waals surface area contributed by atoms with Crippen LogP contribution in [0.2, 0.25) is 0 Å². The Labute approximate surface area is 188 Å². The zero-order valence-corrected chi connectivity index (χ0v) is 20.2. The van der Waals surface area contributed by atoms with E-state index in [9.17, 15) is 9.59 Å². The Hall–Kier alpha value is -2.62. The molecule has 0 spiro atoms. The molecular weight excluding hydrogens is 384 g/mol. The molecule has 1 N–H and O–H groups in total. The van der Waals surface area contributed by atoms with Crippen LogP contribution in [0.15, 0.2) is 48.5 Å². The summed E-state index contributed by atoms with van der Waals surface area (Å²) < 4.78 is 0. The highest BCUT2D eigenvalue weighted by molar-refractivity contribution is 5.87. The lowest BCUT2D eigenvalue weighted by Crippen LogP contribution is -2.52. The molecule has 0 heterocycles. The van der Waals surface area contributed by atoms with E-state index in [1.165, 1.54) is 11.1 Å². The number of nitrogens with one attached hydrogen (secondary N) is 1. The first-order chi connectivity index (χ1) is 14.5. The fourth-order valence-electron chi connectivity index (χ4n) is 3.41. The van der Waals surface area contributed by atoms with Gasteiger partial charge in [-0.2, -0.15) is 0 Å². The zero-order chi connectivity index (χ0) is 23.2. The number of benzene rings is 2. The second-order valence-corrected chi connectivity index (χ2v) is 9.82. The number of rotatable bonds is 8. The second-order valence-electron chi connectivity index (χ2n) is 9.82. The van der Waals surface area contributed by atoms with Crippen molar-refractivity contribution in [3.63, 3.8) is 0 Å². The Morgan fingerprint density at radius 3 is 1.97 bits per heavy atom. The molecule has 2 aromatic rings. The SMILES string of the molecule is Cc1ccc(CN(C(=O)CCc2ccc(C(C)C)cc2)[C@H](C)C(=O)NC(C)(C)C)cc1. The van der Waals surface area contributed by atoms with Gasteiger partial charge in [0, 0.05) is 18.5 Å². The van der Waals surface area contributed by atoms with Gasteiger partial charge < -0.3 is 10.2 Å². The molecule has 31 heavy (non-hydrogen) atoms. The van der Waals surface area contributed by atoms with Crippen LogP contribution in [-0.4, -0.2) is 28.3 Å². The van der Waals surface area contributed by atoms with Crippen LogP contribution in [0.4, 0.5) is 0 Å². The van der Waals surface area contributed by atoms with E-state index in [0.717, 1.165) is 11.1 Å². The molecule has 0 aliphatic rings. The van der Waals surface area contributed by atoms with Gasteiger partial charge in [0.05, 0.1) is 0 Å². The first kappa shape index (κ1) is 24.6. The van der Waals surface area contributed by atoms with Gasteiger partial charge in [-0.15, -0.1) is 0 Å². The van der Waals surface area contributed by atoms with E-state index in [2.05, 4.69) is 43.4 Å². The third-order valence-electron chi connectivity index (χ3n) is 5.41. The van der Waals surface area contributed by atoms with Crippen LogP contribution < -0.4 is 5.32 Å². The van der Waals surface area contributed by atoms with Crippen LogP contribution in [-0.2, 0) is 22.6 Å². The van der Waals surface area contributed by atoms with Crippen molar-refractivity contribution in [1.29, 1.82) is 0 Å². The monoisotopic (exact) mass is 422 g/mol. The van der Waals surface area contributed by atoms with Crippen molar-refractivity contribution in [2.45, 2.75) is 85.4 Å². The maximum Gasteiger partial charge on any atom is 0.242 e. The van der Waals surface area contributed by atoms with E-state index in [4.69, 9.17) is 0 Å². The predicted molar refractivity (Wildman–Crippen MR) is 128 cm³/mol. The number of hydrogen-bond acceptors (Lipinski definition) is 2. The van der Waals surface area contributed by atoms with Crippen LogP contribution in [0, 0.1) is 6.92 Å². The first-order valence-corrected chi connectivity index (χ1v) is 11.2.